The van der Waals surface area contributed by atoms with Gasteiger partial charge in [-0.3, -0.25) is 5.32 Å². The summed E-state index contributed by atoms with van der Waals surface area (Å²) < 4.78 is 10.2. The number of carbonyl (C=O) groups is 1. The summed E-state index contributed by atoms with van der Waals surface area (Å²) in [5.74, 6) is -0.240. The van der Waals surface area contributed by atoms with Gasteiger partial charge in [0.1, 0.15) is 6.04 Å². The molecule has 19 heavy (non-hydrogen) atoms. The number of hydrogen-bond donors (Lipinski definition) is 1. The van der Waals surface area contributed by atoms with E-state index in [1.807, 2.05) is 45.0 Å². The predicted molar refractivity (Wildman–Crippen MR) is 74.8 cm³/mol. The average molecular weight is 265 g/mol. The van der Waals surface area contributed by atoms with Crippen LogP contribution in [0.4, 0.5) is 0 Å². The van der Waals surface area contributed by atoms with E-state index in [0.29, 0.717) is 13.2 Å². The molecule has 0 aliphatic heterocycles. The molecule has 0 aliphatic rings. The monoisotopic (exact) mass is 265 g/mol. The van der Waals surface area contributed by atoms with Gasteiger partial charge in [-0.2, -0.15) is 0 Å². The van der Waals surface area contributed by atoms with Gasteiger partial charge in [-0.05, 0) is 31.9 Å². The van der Waals surface area contributed by atoms with Crippen molar-refractivity contribution in [2.45, 2.75) is 39.5 Å². The number of rotatable bonds is 7. The van der Waals surface area contributed by atoms with E-state index in [1.165, 1.54) is 0 Å². The van der Waals surface area contributed by atoms with Crippen molar-refractivity contribution in [1.82, 2.24) is 5.32 Å². The smallest absolute Gasteiger partial charge is 0.327 e. The molecule has 1 unspecified atom stereocenters. The van der Waals surface area contributed by atoms with Crippen LogP contribution in [-0.2, 0) is 20.9 Å². The molecule has 0 bridgehead atoms. The second kappa shape index (κ2) is 7.92. The molecule has 0 aliphatic carbocycles. The fourth-order valence-corrected chi connectivity index (χ4v) is 1.83. The van der Waals surface area contributed by atoms with Gasteiger partial charge >= 0.3 is 5.97 Å². The van der Waals surface area contributed by atoms with E-state index in [0.717, 1.165) is 11.1 Å². The largest absolute Gasteiger partial charge is 0.465 e. The molecular weight excluding hydrogens is 242 g/mol. The molecule has 4 nitrogen and oxygen atoms in total. The summed E-state index contributed by atoms with van der Waals surface area (Å²) >= 11 is 0. The molecule has 1 aromatic rings. The summed E-state index contributed by atoms with van der Waals surface area (Å²) in [6, 6.07) is 7.58. The van der Waals surface area contributed by atoms with Crippen molar-refractivity contribution in [2.75, 3.05) is 13.7 Å². The Kier molecular flexibility index (Phi) is 6.53. The van der Waals surface area contributed by atoms with Gasteiger partial charge in [0.25, 0.3) is 0 Å². The Morgan fingerprint density at radius 2 is 1.89 bits per heavy atom. The summed E-state index contributed by atoms with van der Waals surface area (Å²) in [4.78, 5) is 12.0. The number of hydrogen-bond acceptors (Lipinski definition) is 4. The van der Waals surface area contributed by atoms with Gasteiger partial charge in [0.2, 0.25) is 0 Å². The second-order valence-electron chi connectivity index (χ2n) is 4.68. The zero-order chi connectivity index (χ0) is 14.3. The molecule has 0 spiro atoms. The molecule has 0 saturated heterocycles. The first kappa shape index (κ1) is 15.7. The van der Waals surface area contributed by atoms with Gasteiger partial charge in [0.15, 0.2) is 0 Å². The zero-order valence-electron chi connectivity index (χ0n) is 12.1. The summed E-state index contributed by atoms with van der Waals surface area (Å²) in [5.41, 5.74) is 1.99. The van der Waals surface area contributed by atoms with Gasteiger partial charge in [-0.25, -0.2) is 4.79 Å². The number of methoxy groups -OCH3 is 1. The quantitative estimate of drug-likeness (QED) is 0.769. The van der Waals surface area contributed by atoms with E-state index in [-0.39, 0.29) is 12.0 Å². The molecule has 4 heteroatoms. The van der Waals surface area contributed by atoms with Crippen LogP contribution in [0.2, 0.25) is 0 Å². The van der Waals surface area contributed by atoms with Crippen molar-refractivity contribution >= 4 is 5.97 Å². The molecule has 106 valence electrons. The van der Waals surface area contributed by atoms with E-state index in [4.69, 9.17) is 9.47 Å². The summed E-state index contributed by atoms with van der Waals surface area (Å²) in [6.07, 6.45) is 0. The van der Waals surface area contributed by atoms with Crippen LogP contribution in [0.25, 0.3) is 0 Å². The molecule has 0 saturated carbocycles. The van der Waals surface area contributed by atoms with Crippen molar-refractivity contribution in [3.05, 3.63) is 35.4 Å². The number of esters is 1. The van der Waals surface area contributed by atoms with Crippen LogP contribution in [0, 0.1) is 0 Å². The Morgan fingerprint density at radius 3 is 2.37 bits per heavy atom. The highest BCUT2D eigenvalue weighted by Gasteiger charge is 2.22. The van der Waals surface area contributed by atoms with Crippen molar-refractivity contribution in [1.29, 1.82) is 0 Å². The van der Waals surface area contributed by atoms with Crippen LogP contribution in [0.3, 0.4) is 0 Å². The maximum atomic E-state index is 12.0. The van der Waals surface area contributed by atoms with Gasteiger partial charge in [0, 0.05) is 13.2 Å². The molecule has 1 atom stereocenters. The van der Waals surface area contributed by atoms with E-state index in [2.05, 4.69) is 5.32 Å². The fraction of sp³-hybridized carbons (Fsp3) is 0.533. The lowest BCUT2D eigenvalue weighted by Gasteiger charge is -2.20. The predicted octanol–water partition coefficient (Wildman–Crippen LogP) is 2.44. The summed E-state index contributed by atoms with van der Waals surface area (Å²) in [7, 11) is 1.66. The summed E-state index contributed by atoms with van der Waals surface area (Å²) in [6.45, 7) is 6.78. The Balaban J connectivity index is 2.86. The van der Waals surface area contributed by atoms with Crippen molar-refractivity contribution < 1.29 is 14.3 Å². The molecule has 0 amide bonds. The minimum Gasteiger partial charge on any atom is -0.465 e. The third-order valence-corrected chi connectivity index (χ3v) is 2.65. The van der Waals surface area contributed by atoms with Gasteiger partial charge in [-0.15, -0.1) is 0 Å². The van der Waals surface area contributed by atoms with Crippen molar-refractivity contribution in [2.24, 2.45) is 0 Å². The third kappa shape index (κ3) is 5.01. The lowest BCUT2D eigenvalue weighted by atomic mass is 10.0. The standard InChI is InChI=1S/C15H23NO3/c1-5-19-15(17)14(16-11(2)3)13-8-6-12(7-9-13)10-18-4/h6-9,11,14,16H,5,10H2,1-4H3. The van der Waals surface area contributed by atoms with Crippen LogP contribution in [0.15, 0.2) is 24.3 Å². The lowest BCUT2D eigenvalue weighted by Crippen LogP contribution is -2.34. The Hall–Kier alpha value is -1.39. The van der Waals surface area contributed by atoms with Crippen LogP contribution in [-0.4, -0.2) is 25.7 Å². The molecule has 0 heterocycles. The molecular formula is C15H23NO3. The molecule has 0 fully saturated rings. The summed E-state index contributed by atoms with van der Waals surface area (Å²) in [5, 5.41) is 3.23. The zero-order valence-corrected chi connectivity index (χ0v) is 12.1. The van der Waals surface area contributed by atoms with Crippen LogP contribution in [0.5, 0.6) is 0 Å². The Bertz CT molecular complexity index is 387. The lowest BCUT2D eigenvalue weighted by molar-refractivity contribution is -0.146. The number of ether oxygens (including phenoxy) is 2. The van der Waals surface area contributed by atoms with E-state index in [1.54, 1.807) is 7.11 Å². The first-order valence-electron chi connectivity index (χ1n) is 6.59. The fourth-order valence-electron chi connectivity index (χ4n) is 1.83. The Labute approximate surface area is 115 Å². The highest BCUT2D eigenvalue weighted by atomic mass is 16.5. The average Bonchev–Trinajstić information content (AvgIpc) is 2.37. The van der Waals surface area contributed by atoms with E-state index >= 15 is 0 Å². The van der Waals surface area contributed by atoms with Crippen LogP contribution >= 0.6 is 0 Å². The van der Waals surface area contributed by atoms with Crippen molar-refractivity contribution in [3.63, 3.8) is 0 Å². The molecule has 0 aromatic heterocycles. The van der Waals surface area contributed by atoms with Gasteiger partial charge in [-0.1, -0.05) is 24.3 Å². The number of nitrogens with one attached hydrogen (secondary N) is 1. The second-order valence-corrected chi connectivity index (χ2v) is 4.68. The third-order valence-electron chi connectivity index (χ3n) is 2.65. The highest BCUT2D eigenvalue weighted by molar-refractivity contribution is 5.77. The molecule has 1 aromatic carbocycles. The number of benzene rings is 1. The topological polar surface area (TPSA) is 47.6 Å². The minimum absolute atomic E-state index is 0.202. The molecule has 1 N–H and O–H groups in total. The first-order chi connectivity index (χ1) is 9.08. The maximum absolute atomic E-state index is 12.0. The normalized spacial score (nSPS) is 12.5. The Morgan fingerprint density at radius 1 is 1.26 bits per heavy atom. The number of carbonyl (C=O) groups excluding carboxylic acids is 1. The van der Waals surface area contributed by atoms with Crippen LogP contribution < -0.4 is 5.32 Å². The minimum atomic E-state index is -0.420. The van der Waals surface area contributed by atoms with Gasteiger partial charge < -0.3 is 9.47 Å². The molecule has 1 rings (SSSR count). The van der Waals surface area contributed by atoms with Crippen molar-refractivity contribution in [3.8, 4) is 0 Å². The highest BCUT2D eigenvalue weighted by Crippen LogP contribution is 2.17. The SMILES string of the molecule is CCOC(=O)C(NC(C)C)c1ccc(COC)cc1. The van der Waals surface area contributed by atoms with Crippen LogP contribution in [0.1, 0.15) is 37.9 Å². The van der Waals surface area contributed by atoms with E-state index in [9.17, 15) is 4.79 Å². The van der Waals surface area contributed by atoms with Gasteiger partial charge in [0.05, 0.1) is 13.2 Å². The first-order valence-corrected chi connectivity index (χ1v) is 6.59. The maximum Gasteiger partial charge on any atom is 0.327 e. The van der Waals surface area contributed by atoms with E-state index < -0.39 is 6.04 Å². The molecule has 0 radical (unpaired) electrons.